The summed E-state index contributed by atoms with van der Waals surface area (Å²) in [4.78, 5) is 14.8. The van der Waals surface area contributed by atoms with E-state index in [4.69, 9.17) is 0 Å². The van der Waals surface area contributed by atoms with Gasteiger partial charge in [-0.05, 0) is 48.6 Å². The Morgan fingerprint density at radius 3 is 2.07 bits per heavy atom. The molecule has 0 radical (unpaired) electrons. The van der Waals surface area contributed by atoms with Crippen molar-refractivity contribution in [1.82, 2.24) is 4.90 Å². The third-order valence-corrected chi connectivity index (χ3v) is 5.48. The number of carbonyl (C=O) groups excluding carboxylic acids is 1. The molecule has 4 heteroatoms. The summed E-state index contributed by atoms with van der Waals surface area (Å²) in [5.41, 5.74) is 3.64. The molecule has 27 heavy (non-hydrogen) atoms. The van der Waals surface area contributed by atoms with Crippen LogP contribution in [-0.2, 0) is 0 Å². The van der Waals surface area contributed by atoms with Gasteiger partial charge < -0.3 is 15.1 Å². The van der Waals surface area contributed by atoms with Gasteiger partial charge >= 0.3 is 0 Å². The topological polar surface area (TPSA) is 60.8 Å². The summed E-state index contributed by atoms with van der Waals surface area (Å²) in [5, 5.41) is 19.0. The number of hydrogen-bond acceptors (Lipinski definition) is 3. The van der Waals surface area contributed by atoms with Crippen LogP contribution in [-0.4, -0.2) is 40.2 Å². The molecule has 1 fully saturated rings. The van der Waals surface area contributed by atoms with E-state index >= 15 is 0 Å². The Hall–Kier alpha value is -2.17. The Bertz CT molecular complexity index is 731. The third kappa shape index (κ3) is 4.76. The maximum Gasteiger partial charge on any atom is 0.254 e. The molecular weight excluding hydrogens is 338 g/mol. The second-order valence-electron chi connectivity index (χ2n) is 7.39. The maximum absolute atomic E-state index is 13.0. The quantitative estimate of drug-likeness (QED) is 0.805. The number of hydrogen-bond donors (Lipinski definition) is 2. The normalized spacial score (nSPS) is 16.1. The molecule has 1 aliphatic carbocycles. The fourth-order valence-corrected chi connectivity index (χ4v) is 3.88. The molecule has 4 nitrogen and oxygen atoms in total. The first kappa shape index (κ1) is 19.6. The zero-order valence-electron chi connectivity index (χ0n) is 16.0. The van der Waals surface area contributed by atoms with Crippen molar-refractivity contribution in [3.63, 3.8) is 0 Å². The molecule has 1 aliphatic rings. The highest BCUT2D eigenvalue weighted by atomic mass is 16.3. The molecule has 1 amide bonds. The van der Waals surface area contributed by atoms with Gasteiger partial charge in [0.05, 0.1) is 12.7 Å². The molecule has 0 aromatic heterocycles. The molecule has 1 atom stereocenters. The minimum atomic E-state index is -0.476. The van der Waals surface area contributed by atoms with E-state index in [1.54, 1.807) is 6.92 Å². The molecule has 3 rings (SSSR count). The summed E-state index contributed by atoms with van der Waals surface area (Å²) in [6, 6.07) is 15.7. The predicted molar refractivity (Wildman–Crippen MR) is 108 cm³/mol. The zero-order chi connectivity index (χ0) is 19.2. The first-order chi connectivity index (χ1) is 13.1. The van der Waals surface area contributed by atoms with Crippen molar-refractivity contribution in [2.24, 2.45) is 0 Å². The summed E-state index contributed by atoms with van der Waals surface area (Å²) in [7, 11) is 0. The summed E-state index contributed by atoms with van der Waals surface area (Å²) in [6.07, 6.45) is 5.12. The fourth-order valence-electron chi connectivity index (χ4n) is 3.88. The van der Waals surface area contributed by atoms with Gasteiger partial charge in [0, 0.05) is 18.2 Å². The van der Waals surface area contributed by atoms with Crippen molar-refractivity contribution in [2.45, 2.75) is 51.2 Å². The lowest BCUT2D eigenvalue weighted by atomic mass is 9.93. The van der Waals surface area contributed by atoms with E-state index in [-0.39, 0.29) is 18.6 Å². The van der Waals surface area contributed by atoms with Crippen LogP contribution < -0.4 is 0 Å². The van der Waals surface area contributed by atoms with Gasteiger partial charge in [0.25, 0.3) is 5.91 Å². The van der Waals surface area contributed by atoms with Crippen LogP contribution in [0, 0.1) is 0 Å². The molecule has 0 bridgehead atoms. The lowest BCUT2D eigenvalue weighted by molar-refractivity contribution is 0.0585. The van der Waals surface area contributed by atoms with Gasteiger partial charge in [-0.1, -0.05) is 55.7 Å². The average Bonchev–Trinajstić information content (AvgIpc) is 2.72. The van der Waals surface area contributed by atoms with Crippen molar-refractivity contribution in [1.29, 1.82) is 0 Å². The molecule has 1 saturated carbocycles. The molecule has 0 heterocycles. The van der Waals surface area contributed by atoms with Crippen molar-refractivity contribution in [3.05, 3.63) is 59.7 Å². The summed E-state index contributed by atoms with van der Waals surface area (Å²) in [5.74, 6) is 0.00644. The van der Waals surface area contributed by atoms with E-state index in [2.05, 4.69) is 0 Å². The van der Waals surface area contributed by atoms with E-state index in [0.717, 1.165) is 42.4 Å². The number of aliphatic hydroxyl groups is 2. The molecule has 1 unspecified atom stereocenters. The van der Waals surface area contributed by atoms with Crippen molar-refractivity contribution >= 4 is 5.91 Å². The maximum atomic E-state index is 13.0. The minimum absolute atomic E-state index is 0.00402. The lowest BCUT2D eigenvalue weighted by Gasteiger charge is -2.34. The van der Waals surface area contributed by atoms with Gasteiger partial charge in [-0.3, -0.25) is 4.79 Å². The van der Waals surface area contributed by atoms with E-state index in [9.17, 15) is 15.0 Å². The van der Waals surface area contributed by atoms with Gasteiger partial charge in [-0.25, -0.2) is 0 Å². The second kappa shape index (κ2) is 9.16. The number of aliphatic hydroxyl groups excluding tert-OH is 2. The van der Waals surface area contributed by atoms with Crippen LogP contribution in [0.4, 0.5) is 0 Å². The molecule has 144 valence electrons. The summed E-state index contributed by atoms with van der Waals surface area (Å²) in [6.45, 7) is 2.14. The van der Waals surface area contributed by atoms with Crippen LogP contribution >= 0.6 is 0 Å². The van der Waals surface area contributed by atoms with E-state index in [1.165, 1.54) is 6.42 Å². The van der Waals surface area contributed by atoms with Crippen LogP contribution in [0.5, 0.6) is 0 Å². The highest BCUT2D eigenvalue weighted by molar-refractivity contribution is 5.95. The van der Waals surface area contributed by atoms with Crippen molar-refractivity contribution in [2.75, 3.05) is 13.2 Å². The molecule has 2 aromatic carbocycles. The second-order valence-corrected chi connectivity index (χ2v) is 7.39. The van der Waals surface area contributed by atoms with Crippen LogP contribution in [0.2, 0.25) is 0 Å². The molecule has 0 spiro atoms. The Balaban J connectivity index is 1.75. The minimum Gasteiger partial charge on any atom is -0.395 e. The smallest absolute Gasteiger partial charge is 0.254 e. The van der Waals surface area contributed by atoms with Crippen LogP contribution in [0.25, 0.3) is 11.1 Å². The summed E-state index contributed by atoms with van der Waals surface area (Å²) >= 11 is 0. The molecular formula is C23H29NO3. The van der Waals surface area contributed by atoms with Gasteiger partial charge in [0.2, 0.25) is 0 Å². The monoisotopic (exact) mass is 367 g/mol. The Kier molecular flexibility index (Phi) is 6.64. The molecule has 0 aliphatic heterocycles. The number of rotatable bonds is 6. The van der Waals surface area contributed by atoms with Crippen molar-refractivity contribution in [3.8, 4) is 11.1 Å². The standard InChI is InChI=1S/C23H29NO3/c1-17(26)18-7-9-19(10-8-18)20-11-13-21(14-12-20)23(27)24(15-16-25)22-5-3-2-4-6-22/h7-14,17,22,25-26H,2-6,15-16H2,1H3. The lowest BCUT2D eigenvalue weighted by Crippen LogP contribution is -2.43. The zero-order valence-corrected chi connectivity index (χ0v) is 16.0. The van der Waals surface area contributed by atoms with Gasteiger partial charge in [-0.2, -0.15) is 0 Å². The van der Waals surface area contributed by atoms with E-state index < -0.39 is 6.10 Å². The van der Waals surface area contributed by atoms with Gasteiger partial charge in [0.1, 0.15) is 0 Å². The van der Waals surface area contributed by atoms with Crippen molar-refractivity contribution < 1.29 is 15.0 Å². The number of benzene rings is 2. The Morgan fingerprint density at radius 1 is 1.00 bits per heavy atom. The van der Waals surface area contributed by atoms with E-state index in [1.807, 2.05) is 53.4 Å². The molecule has 0 saturated heterocycles. The fraction of sp³-hybridized carbons (Fsp3) is 0.435. The molecule has 2 aromatic rings. The Morgan fingerprint density at radius 2 is 1.56 bits per heavy atom. The number of amides is 1. The third-order valence-electron chi connectivity index (χ3n) is 5.48. The van der Waals surface area contributed by atoms with E-state index in [0.29, 0.717) is 12.1 Å². The number of carbonyl (C=O) groups is 1. The first-order valence-corrected chi connectivity index (χ1v) is 9.90. The Labute approximate surface area is 161 Å². The van der Waals surface area contributed by atoms with Crippen LogP contribution in [0.1, 0.15) is 61.1 Å². The SMILES string of the molecule is CC(O)c1ccc(-c2ccc(C(=O)N(CCO)C3CCCCC3)cc2)cc1. The van der Waals surface area contributed by atoms with Gasteiger partial charge in [-0.15, -0.1) is 0 Å². The highest BCUT2D eigenvalue weighted by Gasteiger charge is 2.25. The van der Waals surface area contributed by atoms with Crippen LogP contribution in [0.3, 0.4) is 0 Å². The summed E-state index contributed by atoms with van der Waals surface area (Å²) < 4.78 is 0. The largest absolute Gasteiger partial charge is 0.395 e. The van der Waals surface area contributed by atoms with Crippen LogP contribution in [0.15, 0.2) is 48.5 Å². The van der Waals surface area contributed by atoms with Gasteiger partial charge in [0.15, 0.2) is 0 Å². The molecule has 2 N–H and O–H groups in total. The highest BCUT2D eigenvalue weighted by Crippen LogP contribution is 2.26. The predicted octanol–water partition coefficient (Wildman–Crippen LogP) is 4.17. The first-order valence-electron chi connectivity index (χ1n) is 9.90. The average molecular weight is 367 g/mol. The number of nitrogens with zero attached hydrogens (tertiary/aromatic N) is 1.